The molecule has 0 spiro atoms. The van der Waals surface area contributed by atoms with Crippen molar-refractivity contribution < 1.29 is 19.1 Å². The van der Waals surface area contributed by atoms with Crippen LogP contribution in [0.4, 0.5) is 10.5 Å². The molecule has 1 fully saturated rings. The molecule has 0 radical (unpaired) electrons. The van der Waals surface area contributed by atoms with Crippen molar-refractivity contribution in [2.45, 2.75) is 25.3 Å². The molecule has 2 N–H and O–H groups in total. The number of carbonyl (C=O) groups is 3. The zero-order valence-electron chi connectivity index (χ0n) is 18.3. The van der Waals surface area contributed by atoms with Crippen LogP contribution in [-0.2, 0) is 16.0 Å². The second kappa shape index (κ2) is 9.56. The number of hydrogen-bond donors (Lipinski definition) is 2. The van der Waals surface area contributed by atoms with Gasteiger partial charge < -0.3 is 15.4 Å². The number of imide groups is 1. The van der Waals surface area contributed by atoms with Crippen LogP contribution in [-0.4, -0.2) is 34.8 Å². The van der Waals surface area contributed by atoms with Gasteiger partial charge in [-0.2, -0.15) is 0 Å². The van der Waals surface area contributed by atoms with Crippen LogP contribution in [0.1, 0.15) is 18.9 Å². The third kappa shape index (κ3) is 5.20. The average Bonchev–Trinajstić information content (AvgIpc) is 3.03. The van der Waals surface area contributed by atoms with Gasteiger partial charge in [-0.15, -0.1) is 0 Å². The van der Waals surface area contributed by atoms with Crippen LogP contribution in [0.25, 0.3) is 0 Å². The minimum atomic E-state index is -1.05. The second-order valence-electron chi connectivity index (χ2n) is 8.10. The van der Waals surface area contributed by atoms with Gasteiger partial charge in [-0.05, 0) is 49.6 Å². The number of rotatable bonds is 8. The summed E-state index contributed by atoms with van der Waals surface area (Å²) in [5, 5.41) is 5.49. The van der Waals surface area contributed by atoms with Crippen LogP contribution in [0.5, 0.6) is 11.5 Å². The molecule has 1 heterocycles. The zero-order valence-corrected chi connectivity index (χ0v) is 18.3. The zero-order chi connectivity index (χ0) is 23.3. The number of benzene rings is 3. The molecular weight excluding hydrogens is 418 g/mol. The summed E-state index contributed by atoms with van der Waals surface area (Å²) in [4.78, 5) is 39.2. The topological polar surface area (TPSA) is 87.7 Å². The lowest BCUT2D eigenvalue weighted by molar-refractivity contribution is -0.133. The van der Waals surface area contributed by atoms with E-state index in [-0.39, 0.29) is 6.54 Å². The predicted molar refractivity (Wildman–Crippen MR) is 125 cm³/mol. The van der Waals surface area contributed by atoms with Crippen LogP contribution in [0.3, 0.4) is 0 Å². The van der Waals surface area contributed by atoms with E-state index in [9.17, 15) is 14.4 Å². The first-order valence-electron chi connectivity index (χ1n) is 10.7. The van der Waals surface area contributed by atoms with Gasteiger partial charge in [0.05, 0.1) is 5.69 Å². The van der Waals surface area contributed by atoms with Gasteiger partial charge in [0.2, 0.25) is 5.91 Å². The molecule has 3 aromatic carbocycles. The summed E-state index contributed by atoms with van der Waals surface area (Å²) in [6.07, 6.45) is 1.07. The summed E-state index contributed by atoms with van der Waals surface area (Å²) in [7, 11) is 0. The first kappa shape index (κ1) is 22.1. The fourth-order valence-corrected chi connectivity index (χ4v) is 3.71. The number of urea groups is 1. The molecular formula is C26H25N3O4. The summed E-state index contributed by atoms with van der Waals surface area (Å²) in [5.41, 5.74) is 0.471. The van der Waals surface area contributed by atoms with Gasteiger partial charge in [-0.3, -0.25) is 14.5 Å². The maximum absolute atomic E-state index is 13.0. The van der Waals surface area contributed by atoms with Crippen molar-refractivity contribution in [1.29, 1.82) is 0 Å². The van der Waals surface area contributed by atoms with Crippen LogP contribution in [0, 0.1) is 0 Å². The third-order valence-corrected chi connectivity index (χ3v) is 5.54. The third-order valence-electron chi connectivity index (χ3n) is 5.54. The Kier molecular flexibility index (Phi) is 6.40. The van der Waals surface area contributed by atoms with E-state index < -0.39 is 23.4 Å². The highest BCUT2D eigenvalue weighted by Gasteiger charge is 2.47. The molecule has 4 amide bonds. The lowest BCUT2D eigenvalue weighted by atomic mass is 9.93. The second-order valence-corrected chi connectivity index (χ2v) is 8.10. The van der Waals surface area contributed by atoms with Crippen LogP contribution in [0.2, 0.25) is 0 Å². The van der Waals surface area contributed by atoms with E-state index in [1.54, 1.807) is 31.2 Å². The Morgan fingerprint density at radius 3 is 2.30 bits per heavy atom. The molecule has 1 aliphatic rings. The lowest BCUT2D eigenvalue weighted by Gasteiger charge is -2.21. The van der Waals surface area contributed by atoms with Crippen molar-refractivity contribution in [3.8, 4) is 11.5 Å². The van der Waals surface area contributed by atoms with Crippen molar-refractivity contribution in [3.63, 3.8) is 0 Å². The van der Waals surface area contributed by atoms with Crippen LogP contribution < -0.4 is 15.4 Å². The van der Waals surface area contributed by atoms with Gasteiger partial charge in [0.15, 0.2) is 5.75 Å². The van der Waals surface area contributed by atoms with Gasteiger partial charge in [-0.1, -0.05) is 60.7 Å². The highest BCUT2D eigenvalue weighted by molar-refractivity contribution is 6.10. The molecule has 1 atom stereocenters. The minimum absolute atomic E-state index is 0.384. The number of nitrogens with one attached hydrogen (secondary N) is 2. The Morgan fingerprint density at radius 1 is 0.939 bits per heavy atom. The largest absolute Gasteiger partial charge is 0.455 e. The van der Waals surface area contributed by atoms with Crippen LogP contribution >= 0.6 is 0 Å². The molecule has 7 heteroatoms. The Hall–Kier alpha value is -4.13. The Morgan fingerprint density at radius 2 is 1.58 bits per heavy atom. The SMILES string of the molecule is C[C@]1(CCc2ccccc2)NC(=O)N(CC(=O)Nc2ccccc2Oc2ccccc2)C1=O. The first-order chi connectivity index (χ1) is 15.9. The van der Waals surface area contributed by atoms with E-state index >= 15 is 0 Å². The first-order valence-corrected chi connectivity index (χ1v) is 10.7. The molecule has 1 saturated heterocycles. The van der Waals surface area contributed by atoms with Crippen molar-refractivity contribution in [3.05, 3.63) is 90.5 Å². The summed E-state index contributed by atoms with van der Waals surface area (Å²) in [5.74, 6) is 0.187. The number of ether oxygens (including phenoxy) is 1. The average molecular weight is 444 g/mol. The molecule has 0 aliphatic carbocycles. The number of nitrogens with zero attached hydrogens (tertiary/aromatic N) is 1. The molecule has 0 aromatic heterocycles. The van der Waals surface area contributed by atoms with E-state index in [0.29, 0.717) is 30.0 Å². The fraction of sp³-hybridized carbons (Fsp3) is 0.192. The van der Waals surface area contributed by atoms with Gasteiger partial charge in [0.1, 0.15) is 17.8 Å². The normalized spacial score (nSPS) is 17.5. The highest BCUT2D eigenvalue weighted by atomic mass is 16.5. The standard InChI is InChI=1S/C26H25N3O4/c1-26(17-16-19-10-4-2-5-11-19)24(31)29(25(32)28-26)18-23(30)27-21-14-8-9-15-22(21)33-20-12-6-3-7-13-20/h2-15H,16-18H2,1H3,(H,27,30)(H,28,32)/t26-/m1/s1. The van der Waals surface area contributed by atoms with Crippen LogP contribution in [0.15, 0.2) is 84.9 Å². The number of aryl methyl sites for hydroxylation is 1. The molecule has 7 nitrogen and oxygen atoms in total. The van der Waals surface area contributed by atoms with Crippen molar-refractivity contribution in [2.75, 3.05) is 11.9 Å². The quantitative estimate of drug-likeness (QED) is 0.507. The van der Waals surface area contributed by atoms with E-state index in [4.69, 9.17) is 4.74 Å². The molecule has 0 saturated carbocycles. The predicted octanol–water partition coefficient (Wildman–Crippen LogP) is 4.36. The van der Waals surface area contributed by atoms with E-state index in [0.717, 1.165) is 10.5 Å². The summed E-state index contributed by atoms with van der Waals surface area (Å²) in [6, 6.07) is 25.4. The smallest absolute Gasteiger partial charge is 0.325 e. The lowest BCUT2D eigenvalue weighted by Crippen LogP contribution is -2.45. The molecule has 3 aromatic rings. The Balaban J connectivity index is 1.40. The van der Waals surface area contributed by atoms with Crippen molar-refractivity contribution in [1.82, 2.24) is 10.2 Å². The molecule has 4 rings (SSSR count). The van der Waals surface area contributed by atoms with E-state index in [2.05, 4.69) is 10.6 Å². The molecule has 168 valence electrons. The fourth-order valence-electron chi connectivity index (χ4n) is 3.71. The maximum Gasteiger partial charge on any atom is 0.325 e. The maximum atomic E-state index is 13.0. The van der Waals surface area contributed by atoms with E-state index in [1.165, 1.54) is 0 Å². The molecule has 1 aliphatic heterocycles. The summed E-state index contributed by atoms with van der Waals surface area (Å²) >= 11 is 0. The molecule has 33 heavy (non-hydrogen) atoms. The molecule has 0 bridgehead atoms. The molecule has 0 unspecified atom stereocenters. The number of para-hydroxylation sites is 3. The van der Waals surface area contributed by atoms with Gasteiger partial charge in [-0.25, -0.2) is 4.79 Å². The number of anilines is 1. The Bertz CT molecular complexity index is 1150. The van der Waals surface area contributed by atoms with Gasteiger partial charge in [0, 0.05) is 0 Å². The van der Waals surface area contributed by atoms with Crippen molar-refractivity contribution >= 4 is 23.5 Å². The number of amides is 4. The Labute approximate surface area is 192 Å². The summed E-state index contributed by atoms with van der Waals surface area (Å²) in [6.45, 7) is 1.31. The summed E-state index contributed by atoms with van der Waals surface area (Å²) < 4.78 is 5.86. The monoisotopic (exact) mass is 443 g/mol. The highest BCUT2D eigenvalue weighted by Crippen LogP contribution is 2.29. The number of carbonyl (C=O) groups excluding carboxylic acids is 3. The van der Waals surface area contributed by atoms with E-state index in [1.807, 2.05) is 60.7 Å². The minimum Gasteiger partial charge on any atom is -0.455 e. The van der Waals surface area contributed by atoms with Gasteiger partial charge in [0.25, 0.3) is 5.91 Å². The number of hydrogen-bond acceptors (Lipinski definition) is 4. The van der Waals surface area contributed by atoms with Crippen molar-refractivity contribution in [2.24, 2.45) is 0 Å². The van der Waals surface area contributed by atoms with Gasteiger partial charge >= 0.3 is 6.03 Å².